The quantitative estimate of drug-likeness (QED) is 0.912. The molecule has 1 N–H and O–H groups in total. The Balaban J connectivity index is 0.00000192. The van der Waals surface area contributed by atoms with E-state index in [0.717, 1.165) is 43.7 Å². The molecule has 0 bridgehead atoms. The van der Waals surface area contributed by atoms with Gasteiger partial charge in [-0.1, -0.05) is 12.1 Å². The summed E-state index contributed by atoms with van der Waals surface area (Å²) >= 11 is 0. The lowest BCUT2D eigenvalue weighted by Crippen LogP contribution is -2.52. The summed E-state index contributed by atoms with van der Waals surface area (Å²) in [5.41, 5.74) is 1.75. The lowest BCUT2D eigenvalue weighted by atomic mass is 10.1. The van der Waals surface area contributed by atoms with E-state index in [-0.39, 0.29) is 30.3 Å². The maximum absolute atomic E-state index is 12.7. The molecule has 0 aliphatic carbocycles. The zero-order valence-electron chi connectivity index (χ0n) is 13.5. The predicted molar refractivity (Wildman–Crippen MR) is 91.7 cm³/mol. The van der Waals surface area contributed by atoms with Crippen LogP contribution < -0.4 is 5.32 Å². The second-order valence-electron chi connectivity index (χ2n) is 6.17. The minimum atomic E-state index is 0. The topological polar surface area (TPSA) is 52.7 Å². The number of halogens is 1. The third-order valence-electron chi connectivity index (χ3n) is 4.48. The van der Waals surface area contributed by atoms with Crippen molar-refractivity contribution in [1.29, 1.82) is 0 Å². The van der Waals surface area contributed by atoms with Crippen molar-refractivity contribution in [3.8, 4) is 0 Å². The number of carbonyl (C=O) groups excluding carboxylic acids is 2. The zero-order valence-corrected chi connectivity index (χ0v) is 14.3. The van der Waals surface area contributed by atoms with Gasteiger partial charge >= 0.3 is 0 Å². The first-order valence-corrected chi connectivity index (χ1v) is 8.03. The van der Waals surface area contributed by atoms with Crippen LogP contribution in [-0.4, -0.2) is 53.8 Å². The van der Waals surface area contributed by atoms with Gasteiger partial charge in [-0.15, -0.1) is 12.4 Å². The molecule has 1 atom stereocenters. The Kier molecular flexibility index (Phi) is 6.02. The van der Waals surface area contributed by atoms with Crippen LogP contribution in [-0.2, 0) is 11.3 Å². The lowest BCUT2D eigenvalue weighted by molar-refractivity contribution is -0.128. The summed E-state index contributed by atoms with van der Waals surface area (Å²) in [6.45, 7) is 5.93. The molecule has 2 aliphatic rings. The fraction of sp³-hybridized carbons (Fsp3) is 0.529. The van der Waals surface area contributed by atoms with Crippen LogP contribution in [0, 0.1) is 0 Å². The predicted octanol–water partition coefficient (Wildman–Crippen LogP) is 1.66. The van der Waals surface area contributed by atoms with Gasteiger partial charge in [0.2, 0.25) is 5.91 Å². The van der Waals surface area contributed by atoms with E-state index >= 15 is 0 Å². The van der Waals surface area contributed by atoms with Gasteiger partial charge in [0, 0.05) is 50.7 Å². The first-order valence-electron chi connectivity index (χ1n) is 8.03. The number of nitrogens with one attached hydrogen (secondary N) is 1. The fourth-order valence-electron chi connectivity index (χ4n) is 3.20. The molecule has 0 aromatic heterocycles. The van der Waals surface area contributed by atoms with Crippen LogP contribution in [0.2, 0.25) is 0 Å². The Hall–Kier alpha value is -1.59. The molecule has 1 aromatic carbocycles. The van der Waals surface area contributed by atoms with Gasteiger partial charge in [0.15, 0.2) is 0 Å². The Morgan fingerprint density at radius 1 is 1.35 bits per heavy atom. The molecular weight excluding hydrogens is 314 g/mol. The Morgan fingerprint density at radius 3 is 2.87 bits per heavy atom. The van der Waals surface area contributed by atoms with E-state index in [1.54, 1.807) is 0 Å². The van der Waals surface area contributed by atoms with Gasteiger partial charge in [0.1, 0.15) is 0 Å². The molecule has 2 heterocycles. The summed E-state index contributed by atoms with van der Waals surface area (Å²) in [6, 6.07) is 7.92. The number of piperazine rings is 1. The van der Waals surface area contributed by atoms with Crippen LogP contribution in [0.3, 0.4) is 0 Å². The highest BCUT2D eigenvalue weighted by Gasteiger charge is 2.25. The number of rotatable bonds is 3. The molecule has 6 heteroatoms. The summed E-state index contributed by atoms with van der Waals surface area (Å²) in [5.74, 6) is 0.302. The molecule has 3 rings (SSSR count). The Bertz CT molecular complexity index is 579. The average molecular weight is 338 g/mol. The fourth-order valence-corrected chi connectivity index (χ4v) is 3.20. The summed E-state index contributed by atoms with van der Waals surface area (Å²) in [6.07, 6.45) is 1.59. The summed E-state index contributed by atoms with van der Waals surface area (Å²) in [5, 5.41) is 3.30. The first kappa shape index (κ1) is 17.8. The number of benzene rings is 1. The molecule has 126 valence electrons. The maximum Gasteiger partial charge on any atom is 0.254 e. The van der Waals surface area contributed by atoms with Crippen LogP contribution in [0.15, 0.2) is 24.3 Å². The van der Waals surface area contributed by atoms with Crippen LogP contribution in [0.1, 0.15) is 35.7 Å². The molecule has 2 amide bonds. The molecule has 0 saturated carbocycles. The van der Waals surface area contributed by atoms with Crippen molar-refractivity contribution in [2.24, 2.45) is 0 Å². The molecule has 0 unspecified atom stereocenters. The van der Waals surface area contributed by atoms with Crippen LogP contribution in [0.4, 0.5) is 0 Å². The number of nitrogens with zero attached hydrogens (tertiary/aromatic N) is 2. The van der Waals surface area contributed by atoms with Crippen LogP contribution in [0.5, 0.6) is 0 Å². The summed E-state index contributed by atoms with van der Waals surface area (Å²) in [7, 11) is 0. The Morgan fingerprint density at radius 2 is 2.17 bits per heavy atom. The number of hydrogen-bond donors (Lipinski definition) is 1. The minimum Gasteiger partial charge on any atom is -0.338 e. The van der Waals surface area contributed by atoms with Crippen molar-refractivity contribution in [2.45, 2.75) is 32.4 Å². The van der Waals surface area contributed by atoms with Gasteiger partial charge < -0.3 is 15.1 Å². The van der Waals surface area contributed by atoms with Crippen LogP contribution in [0.25, 0.3) is 0 Å². The molecule has 23 heavy (non-hydrogen) atoms. The van der Waals surface area contributed by atoms with Crippen molar-refractivity contribution in [1.82, 2.24) is 15.1 Å². The zero-order chi connectivity index (χ0) is 15.5. The molecular formula is C17H24ClN3O2. The van der Waals surface area contributed by atoms with Gasteiger partial charge in [-0.25, -0.2) is 0 Å². The number of hydrogen-bond acceptors (Lipinski definition) is 3. The number of carbonyl (C=O) groups is 2. The first-order chi connectivity index (χ1) is 10.6. The summed E-state index contributed by atoms with van der Waals surface area (Å²) < 4.78 is 0. The van der Waals surface area contributed by atoms with Crippen molar-refractivity contribution in [3.63, 3.8) is 0 Å². The van der Waals surface area contributed by atoms with E-state index < -0.39 is 0 Å². The minimum absolute atomic E-state index is 0. The average Bonchev–Trinajstić information content (AvgIpc) is 2.92. The number of likely N-dealkylation sites (tertiary alicyclic amines) is 1. The van der Waals surface area contributed by atoms with E-state index in [2.05, 4.69) is 12.2 Å². The molecule has 1 aromatic rings. The molecule has 0 radical (unpaired) electrons. The Labute approximate surface area is 143 Å². The molecule has 5 nitrogen and oxygen atoms in total. The lowest BCUT2D eigenvalue weighted by Gasteiger charge is -2.34. The van der Waals surface area contributed by atoms with E-state index in [1.807, 2.05) is 34.1 Å². The second kappa shape index (κ2) is 7.79. The largest absolute Gasteiger partial charge is 0.338 e. The highest BCUT2D eigenvalue weighted by atomic mass is 35.5. The molecule has 2 aliphatic heterocycles. The monoisotopic (exact) mass is 337 g/mol. The highest BCUT2D eigenvalue weighted by Crippen LogP contribution is 2.17. The summed E-state index contributed by atoms with van der Waals surface area (Å²) in [4.78, 5) is 28.2. The molecule has 2 saturated heterocycles. The van der Waals surface area contributed by atoms with Gasteiger partial charge in [0.05, 0.1) is 0 Å². The third kappa shape index (κ3) is 4.03. The van der Waals surface area contributed by atoms with Crippen LogP contribution >= 0.6 is 12.4 Å². The normalized spacial score (nSPS) is 21.3. The van der Waals surface area contributed by atoms with Gasteiger partial charge in [-0.05, 0) is 31.0 Å². The molecule has 2 fully saturated rings. The van der Waals surface area contributed by atoms with E-state index in [9.17, 15) is 9.59 Å². The van der Waals surface area contributed by atoms with E-state index in [4.69, 9.17) is 0 Å². The van der Waals surface area contributed by atoms with E-state index in [1.165, 1.54) is 0 Å². The van der Waals surface area contributed by atoms with E-state index in [0.29, 0.717) is 13.0 Å². The van der Waals surface area contributed by atoms with Gasteiger partial charge in [-0.2, -0.15) is 0 Å². The van der Waals surface area contributed by atoms with Crippen molar-refractivity contribution >= 4 is 24.2 Å². The van der Waals surface area contributed by atoms with Crippen molar-refractivity contribution < 1.29 is 9.59 Å². The van der Waals surface area contributed by atoms with Gasteiger partial charge in [-0.3, -0.25) is 9.59 Å². The molecule has 0 spiro atoms. The van der Waals surface area contributed by atoms with Gasteiger partial charge in [0.25, 0.3) is 5.91 Å². The number of amides is 2. The standard InChI is InChI=1S/C17H23N3O2.ClH/c1-13-11-18-7-9-20(13)17(22)15-5-2-4-14(10-15)12-19-8-3-6-16(19)21;/h2,4-5,10,13,18H,3,6-9,11-12H2,1H3;1H/t13-;/m1./s1. The van der Waals surface area contributed by atoms with Crippen molar-refractivity contribution in [2.75, 3.05) is 26.2 Å². The van der Waals surface area contributed by atoms with Crippen molar-refractivity contribution in [3.05, 3.63) is 35.4 Å². The SMILES string of the molecule is C[C@@H]1CNCCN1C(=O)c1cccc(CN2CCCC2=O)c1.Cl. The third-order valence-corrected chi connectivity index (χ3v) is 4.48. The second-order valence-corrected chi connectivity index (χ2v) is 6.17. The highest BCUT2D eigenvalue weighted by molar-refractivity contribution is 5.94. The maximum atomic E-state index is 12.7. The smallest absolute Gasteiger partial charge is 0.254 e.